The first kappa shape index (κ1) is 18.6. The first-order chi connectivity index (χ1) is 14.7. The van der Waals surface area contributed by atoms with Crippen LogP contribution in [-0.2, 0) is 11.2 Å². The Bertz CT molecular complexity index is 1200. The van der Waals surface area contributed by atoms with Gasteiger partial charge < -0.3 is 9.32 Å². The second-order valence-electron chi connectivity index (χ2n) is 7.96. The van der Waals surface area contributed by atoms with Crippen molar-refractivity contribution in [2.75, 3.05) is 6.54 Å². The number of hydrogen-bond acceptors (Lipinski definition) is 3. The van der Waals surface area contributed by atoms with E-state index in [-0.39, 0.29) is 11.9 Å². The molecule has 5 rings (SSSR count). The van der Waals surface area contributed by atoms with Crippen LogP contribution in [0.15, 0.2) is 77.2 Å². The van der Waals surface area contributed by atoms with Gasteiger partial charge in [0.15, 0.2) is 5.58 Å². The Kier molecular flexibility index (Phi) is 4.83. The Labute approximate surface area is 176 Å². The van der Waals surface area contributed by atoms with Gasteiger partial charge in [-0.25, -0.2) is 4.98 Å². The van der Waals surface area contributed by atoms with Gasteiger partial charge in [-0.15, -0.1) is 0 Å². The Hall–Kier alpha value is -3.40. The van der Waals surface area contributed by atoms with Gasteiger partial charge in [0.1, 0.15) is 11.6 Å². The minimum atomic E-state index is -0.0875. The third kappa shape index (κ3) is 3.50. The Morgan fingerprint density at radius 3 is 2.70 bits per heavy atom. The lowest BCUT2D eigenvalue weighted by molar-refractivity contribution is -0.131. The monoisotopic (exact) mass is 396 g/mol. The molecule has 0 radical (unpaired) electrons. The zero-order valence-corrected chi connectivity index (χ0v) is 17.0. The Morgan fingerprint density at radius 2 is 1.87 bits per heavy atom. The zero-order valence-electron chi connectivity index (χ0n) is 17.0. The van der Waals surface area contributed by atoms with Gasteiger partial charge in [-0.1, -0.05) is 60.7 Å². The third-order valence-electron chi connectivity index (χ3n) is 5.92. The van der Waals surface area contributed by atoms with Crippen LogP contribution in [0, 0.1) is 6.92 Å². The smallest absolute Gasteiger partial charge is 0.227 e. The molecule has 0 bridgehead atoms. The molecule has 1 fully saturated rings. The van der Waals surface area contributed by atoms with Crippen molar-refractivity contribution in [3.05, 3.63) is 89.8 Å². The second-order valence-corrected chi connectivity index (χ2v) is 7.96. The molecule has 1 atom stereocenters. The molecule has 4 aromatic rings. The van der Waals surface area contributed by atoms with Crippen LogP contribution in [0.2, 0.25) is 0 Å². The van der Waals surface area contributed by atoms with Crippen molar-refractivity contribution in [3.8, 4) is 11.1 Å². The molecule has 2 heterocycles. The Balaban J connectivity index is 1.42. The number of nitrogens with zero attached hydrogens (tertiary/aromatic N) is 2. The molecule has 1 saturated heterocycles. The summed E-state index contributed by atoms with van der Waals surface area (Å²) in [6.45, 7) is 2.87. The summed E-state index contributed by atoms with van der Waals surface area (Å²) < 4.78 is 6.10. The molecular formula is C26H24N2O2. The van der Waals surface area contributed by atoms with Gasteiger partial charge in [0.05, 0.1) is 6.42 Å². The van der Waals surface area contributed by atoms with Crippen molar-refractivity contribution >= 4 is 17.0 Å². The summed E-state index contributed by atoms with van der Waals surface area (Å²) in [4.78, 5) is 19.7. The van der Waals surface area contributed by atoms with Gasteiger partial charge in [-0.2, -0.15) is 0 Å². The highest BCUT2D eigenvalue weighted by Crippen LogP contribution is 2.35. The number of aromatic nitrogens is 1. The summed E-state index contributed by atoms with van der Waals surface area (Å²) in [5.74, 6) is 0.775. The fraction of sp³-hybridized carbons (Fsp3) is 0.231. The number of fused-ring (bicyclic) bond motifs is 1. The van der Waals surface area contributed by atoms with E-state index in [9.17, 15) is 4.79 Å². The number of oxazole rings is 1. The second kappa shape index (κ2) is 7.79. The predicted octanol–water partition coefficient (Wildman–Crippen LogP) is 5.71. The fourth-order valence-corrected chi connectivity index (χ4v) is 4.35. The number of likely N-dealkylation sites (tertiary alicyclic amines) is 1. The molecule has 4 nitrogen and oxygen atoms in total. The van der Waals surface area contributed by atoms with E-state index >= 15 is 0 Å². The van der Waals surface area contributed by atoms with Gasteiger partial charge in [0.25, 0.3) is 0 Å². The standard InChI is InChI=1S/C26H24N2O2/c1-18-8-5-6-11-21(18)20-13-14-24-22(17-20)27-26(30-24)23-12-7-15-28(23)25(29)16-19-9-3-2-4-10-19/h2-6,8-11,13-14,17,23H,7,12,15-16H2,1H3. The molecule has 3 aromatic carbocycles. The maximum atomic E-state index is 12.9. The first-order valence-corrected chi connectivity index (χ1v) is 10.5. The quantitative estimate of drug-likeness (QED) is 0.444. The van der Waals surface area contributed by atoms with Crippen molar-refractivity contribution in [1.29, 1.82) is 0 Å². The van der Waals surface area contributed by atoms with Crippen molar-refractivity contribution in [1.82, 2.24) is 9.88 Å². The highest BCUT2D eigenvalue weighted by atomic mass is 16.3. The van der Waals surface area contributed by atoms with E-state index in [1.54, 1.807) is 0 Å². The lowest BCUT2D eigenvalue weighted by atomic mass is 10.0. The van der Waals surface area contributed by atoms with Crippen molar-refractivity contribution in [3.63, 3.8) is 0 Å². The third-order valence-corrected chi connectivity index (χ3v) is 5.92. The molecule has 1 aromatic heterocycles. The summed E-state index contributed by atoms with van der Waals surface area (Å²) in [7, 11) is 0. The number of hydrogen-bond donors (Lipinski definition) is 0. The molecule has 30 heavy (non-hydrogen) atoms. The predicted molar refractivity (Wildman–Crippen MR) is 118 cm³/mol. The summed E-state index contributed by atoms with van der Waals surface area (Å²) >= 11 is 0. The van der Waals surface area contributed by atoms with Crippen molar-refractivity contribution < 1.29 is 9.21 Å². The van der Waals surface area contributed by atoms with Gasteiger partial charge in [-0.05, 0) is 54.2 Å². The molecule has 4 heteroatoms. The van der Waals surface area contributed by atoms with E-state index in [0.717, 1.165) is 41.6 Å². The van der Waals surface area contributed by atoms with Crippen LogP contribution >= 0.6 is 0 Å². The highest BCUT2D eigenvalue weighted by Gasteiger charge is 2.33. The molecule has 0 N–H and O–H groups in total. The van der Waals surface area contributed by atoms with Crippen molar-refractivity contribution in [2.24, 2.45) is 0 Å². The molecule has 150 valence electrons. The molecule has 1 aliphatic heterocycles. The van der Waals surface area contributed by atoms with Crippen LogP contribution in [-0.4, -0.2) is 22.3 Å². The van der Waals surface area contributed by atoms with Crippen LogP contribution in [0.5, 0.6) is 0 Å². The average molecular weight is 396 g/mol. The summed E-state index contributed by atoms with van der Waals surface area (Å²) in [6, 6.07) is 24.3. The minimum absolute atomic E-state index is 0.0875. The summed E-state index contributed by atoms with van der Waals surface area (Å²) in [6.07, 6.45) is 2.27. The van der Waals surface area contributed by atoms with E-state index in [0.29, 0.717) is 12.3 Å². The van der Waals surface area contributed by atoms with Crippen molar-refractivity contribution in [2.45, 2.75) is 32.2 Å². The maximum Gasteiger partial charge on any atom is 0.227 e. The zero-order chi connectivity index (χ0) is 20.5. The van der Waals surface area contributed by atoms with Gasteiger partial charge in [0.2, 0.25) is 11.8 Å². The molecular weight excluding hydrogens is 372 g/mol. The molecule has 0 spiro atoms. The van der Waals surface area contributed by atoms with E-state index < -0.39 is 0 Å². The topological polar surface area (TPSA) is 46.3 Å². The van der Waals surface area contributed by atoms with Crippen LogP contribution in [0.1, 0.15) is 35.9 Å². The lowest BCUT2D eigenvalue weighted by Gasteiger charge is -2.22. The van der Waals surface area contributed by atoms with Crippen LogP contribution in [0.4, 0.5) is 0 Å². The Morgan fingerprint density at radius 1 is 1.07 bits per heavy atom. The van der Waals surface area contributed by atoms with Gasteiger partial charge in [-0.3, -0.25) is 4.79 Å². The number of carbonyl (C=O) groups is 1. The molecule has 0 aliphatic carbocycles. The number of rotatable bonds is 4. The number of aryl methyl sites for hydroxylation is 1. The van der Waals surface area contributed by atoms with E-state index in [1.807, 2.05) is 47.4 Å². The lowest BCUT2D eigenvalue weighted by Crippen LogP contribution is -2.32. The maximum absolute atomic E-state index is 12.9. The normalized spacial score (nSPS) is 16.3. The SMILES string of the molecule is Cc1ccccc1-c1ccc2oc(C3CCCN3C(=O)Cc3ccccc3)nc2c1. The largest absolute Gasteiger partial charge is 0.438 e. The molecule has 1 aliphatic rings. The van der Waals surface area contributed by atoms with Crippen LogP contribution < -0.4 is 0 Å². The highest BCUT2D eigenvalue weighted by molar-refractivity contribution is 5.82. The number of carbonyl (C=O) groups excluding carboxylic acids is 1. The number of benzene rings is 3. The number of amides is 1. The van der Waals surface area contributed by atoms with Crippen LogP contribution in [0.25, 0.3) is 22.2 Å². The fourth-order valence-electron chi connectivity index (χ4n) is 4.35. The van der Waals surface area contributed by atoms with E-state index in [4.69, 9.17) is 9.40 Å². The van der Waals surface area contributed by atoms with Gasteiger partial charge >= 0.3 is 0 Å². The van der Waals surface area contributed by atoms with E-state index in [2.05, 4.69) is 37.3 Å². The molecule has 0 saturated carbocycles. The molecule has 1 amide bonds. The molecule has 1 unspecified atom stereocenters. The minimum Gasteiger partial charge on any atom is -0.438 e. The van der Waals surface area contributed by atoms with E-state index in [1.165, 1.54) is 11.1 Å². The summed E-state index contributed by atoms with van der Waals surface area (Å²) in [5, 5.41) is 0. The summed E-state index contributed by atoms with van der Waals surface area (Å²) in [5.41, 5.74) is 6.20. The average Bonchev–Trinajstić information content (AvgIpc) is 3.41. The van der Waals surface area contributed by atoms with Gasteiger partial charge in [0, 0.05) is 6.54 Å². The first-order valence-electron chi connectivity index (χ1n) is 10.5. The van der Waals surface area contributed by atoms with Crippen LogP contribution in [0.3, 0.4) is 0 Å².